The molecule has 3 heteroatoms. The van der Waals surface area contributed by atoms with E-state index in [1.807, 2.05) is 0 Å². The molecule has 1 atom stereocenters. The Balaban J connectivity index is 2.54. The zero-order valence-corrected chi connectivity index (χ0v) is 5.74. The first-order chi connectivity index (χ1) is 2.27. The lowest BCUT2D eigenvalue weighted by Crippen LogP contribution is -2.11. The first-order valence-electron chi connectivity index (χ1n) is 1.28. The van der Waals surface area contributed by atoms with Crippen LogP contribution < -0.4 is 5.73 Å². The molecule has 2 N–H and O–H groups in total. The number of thiol groups is 1. The summed E-state index contributed by atoms with van der Waals surface area (Å²) in [5, 5.41) is 0. The van der Waals surface area contributed by atoms with Crippen LogP contribution in [-0.2, 0) is 0 Å². The second-order valence-electron chi connectivity index (χ2n) is 0.699. The zero-order valence-electron chi connectivity index (χ0n) is 2.69. The van der Waals surface area contributed by atoms with Gasteiger partial charge in [0, 0.05) is 5.75 Å². The average molecular weight is 203 g/mol. The van der Waals surface area contributed by atoms with Crippen molar-refractivity contribution in [3.8, 4) is 0 Å². The van der Waals surface area contributed by atoms with Gasteiger partial charge in [0.15, 0.2) is 0 Å². The molecule has 0 radical (unpaired) electrons. The van der Waals surface area contributed by atoms with E-state index in [0.29, 0.717) is 0 Å². The van der Waals surface area contributed by atoms with E-state index < -0.39 is 0 Å². The molecule has 0 aromatic rings. The first-order valence-corrected chi connectivity index (χ1v) is 3.15. The van der Waals surface area contributed by atoms with Crippen molar-refractivity contribution >= 4 is 35.2 Å². The van der Waals surface area contributed by atoms with Crippen molar-refractivity contribution in [3.63, 3.8) is 0 Å². The van der Waals surface area contributed by atoms with Crippen LogP contribution in [0, 0.1) is 0 Å². The molecule has 0 amide bonds. The molecule has 5 heavy (non-hydrogen) atoms. The van der Waals surface area contributed by atoms with Crippen molar-refractivity contribution < 1.29 is 0 Å². The molecule has 0 spiro atoms. The largest absolute Gasteiger partial charge is 0.319 e. The second-order valence-corrected chi connectivity index (χ2v) is 2.66. The standard InChI is InChI=1S/C2H6INS/c3-2(4)1-5/h2,5H,1,4H2. The molecule has 0 aromatic heterocycles. The highest BCUT2D eigenvalue weighted by Crippen LogP contribution is 1.90. The van der Waals surface area contributed by atoms with E-state index in [1.165, 1.54) is 0 Å². The van der Waals surface area contributed by atoms with Gasteiger partial charge >= 0.3 is 0 Å². The first kappa shape index (κ1) is 6.04. The van der Waals surface area contributed by atoms with E-state index >= 15 is 0 Å². The molecular weight excluding hydrogens is 197 g/mol. The Morgan fingerprint density at radius 1 is 2.00 bits per heavy atom. The minimum absolute atomic E-state index is 0.218. The summed E-state index contributed by atoms with van der Waals surface area (Å²) < 4.78 is 0.218. The van der Waals surface area contributed by atoms with Gasteiger partial charge in [0.2, 0.25) is 0 Å². The van der Waals surface area contributed by atoms with Crippen molar-refractivity contribution in [2.75, 3.05) is 5.75 Å². The topological polar surface area (TPSA) is 26.0 Å². The van der Waals surface area contributed by atoms with Crippen LogP contribution in [0.5, 0.6) is 0 Å². The quantitative estimate of drug-likeness (QED) is 0.278. The van der Waals surface area contributed by atoms with Gasteiger partial charge in [-0.2, -0.15) is 12.6 Å². The van der Waals surface area contributed by atoms with Crippen molar-refractivity contribution in [2.45, 2.75) is 4.05 Å². The summed E-state index contributed by atoms with van der Waals surface area (Å²) >= 11 is 5.99. The van der Waals surface area contributed by atoms with E-state index in [-0.39, 0.29) is 4.05 Å². The molecule has 0 aliphatic carbocycles. The van der Waals surface area contributed by atoms with Crippen LogP contribution in [0.2, 0.25) is 0 Å². The number of rotatable bonds is 1. The maximum Gasteiger partial charge on any atom is 0.0657 e. The number of halogens is 1. The molecular formula is C2H6INS. The SMILES string of the molecule is NC(I)CS. The van der Waals surface area contributed by atoms with Gasteiger partial charge in [-0.15, -0.1) is 0 Å². The molecule has 32 valence electrons. The Morgan fingerprint density at radius 2 is 2.20 bits per heavy atom. The third-order valence-electron chi connectivity index (χ3n) is 0.174. The highest BCUT2D eigenvalue weighted by atomic mass is 127. The maximum absolute atomic E-state index is 5.20. The third kappa shape index (κ3) is 5.04. The van der Waals surface area contributed by atoms with Crippen LogP contribution in [0.15, 0.2) is 0 Å². The van der Waals surface area contributed by atoms with Crippen molar-refractivity contribution in [1.29, 1.82) is 0 Å². The van der Waals surface area contributed by atoms with Crippen LogP contribution in [0.4, 0.5) is 0 Å². The number of hydrogen-bond donors (Lipinski definition) is 2. The van der Waals surface area contributed by atoms with Crippen molar-refractivity contribution in [2.24, 2.45) is 5.73 Å². The predicted octanol–water partition coefficient (Wildman–Crippen LogP) is 0.636. The molecule has 0 fully saturated rings. The van der Waals surface area contributed by atoms with Gasteiger partial charge in [0.1, 0.15) is 0 Å². The number of alkyl halides is 1. The maximum atomic E-state index is 5.20. The molecule has 0 heterocycles. The summed E-state index contributed by atoms with van der Waals surface area (Å²) in [7, 11) is 0. The lowest BCUT2D eigenvalue weighted by molar-refractivity contribution is 1.11. The molecule has 0 aliphatic rings. The highest BCUT2D eigenvalue weighted by Gasteiger charge is 1.83. The van der Waals surface area contributed by atoms with E-state index in [2.05, 4.69) is 35.2 Å². The van der Waals surface area contributed by atoms with Gasteiger partial charge in [-0.1, -0.05) is 22.6 Å². The van der Waals surface area contributed by atoms with E-state index in [4.69, 9.17) is 5.73 Å². The second kappa shape index (κ2) is 3.24. The zero-order chi connectivity index (χ0) is 4.28. The summed E-state index contributed by atoms with van der Waals surface area (Å²) in [4.78, 5) is 0. The van der Waals surface area contributed by atoms with Crippen LogP contribution >= 0.6 is 35.2 Å². The van der Waals surface area contributed by atoms with E-state index in [9.17, 15) is 0 Å². The molecule has 0 aliphatic heterocycles. The molecule has 0 bridgehead atoms. The van der Waals surface area contributed by atoms with Gasteiger partial charge < -0.3 is 5.73 Å². The Morgan fingerprint density at radius 3 is 2.20 bits per heavy atom. The minimum Gasteiger partial charge on any atom is -0.319 e. The number of nitrogens with two attached hydrogens (primary N) is 1. The fourth-order valence-electron chi connectivity index (χ4n) is 0. The van der Waals surface area contributed by atoms with Gasteiger partial charge in [-0.05, 0) is 0 Å². The van der Waals surface area contributed by atoms with Crippen LogP contribution in [0.3, 0.4) is 0 Å². The lowest BCUT2D eigenvalue weighted by Gasteiger charge is -1.88. The van der Waals surface area contributed by atoms with Gasteiger partial charge in [0.25, 0.3) is 0 Å². The highest BCUT2D eigenvalue weighted by molar-refractivity contribution is 14.1. The Kier molecular flexibility index (Phi) is 3.91. The molecule has 0 saturated carbocycles. The summed E-state index contributed by atoms with van der Waals surface area (Å²) in [5.41, 5.74) is 5.20. The predicted molar refractivity (Wildman–Crippen MR) is 35.8 cm³/mol. The Labute approximate surface area is 50.9 Å². The van der Waals surface area contributed by atoms with Gasteiger partial charge in [0.05, 0.1) is 4.05 Å². The fraction of sp³-hybridized carbons (Fsp3) is 1.00. The average Bonchev–Trinajstić information content (AvgIpc) is 1.38. The van der Waals surface area contributed by atoms with Crippen molar-refractivity contribution in [3.05, 3.63) is 0 Å². The molecule has 0 saturated heterocycles. The van der Waals surface area contributed by atoms with Gasteiger partial charge in [-0.3, -0.25) is 0 Å². The van der Waals surface area contributed by atoms with Gasteiger partial charge in [-0.25, -0.2) is 0 Å². The summed E-state index contributed by atoms with van der Waals surface area (Å²) in [6.07, 6.45) is 0. The summed E-state index contributed by atoms with van der Waals surface area (Å²) in [6, 6.07) is 0. The third-order valence-corrected chi connectivity index (χ3v) is 1.70. The Hall–Kier alpha value is 1.04. The summed E-state index contributed by atoms with van der Waals surface area (Å²) in [5.74, 6) is 0.764. The molecule has 1 unspecified atom stereocenters. The molecule has 1 nitrogen and oxygen atoms in total. The smallest absolute Gasteiger partial charge is 0.0657 e. The fourth-order valence-corrected chi connectivity index (χ4v) is 0. The Bertz CT molecular complexity index is 23.6. The van der Waals surface area contributed by atoms with Crippen LogP contribution in [-0.4, -0.2) is 9.80 Å². The van der Waals surface area contributed by atoms with Crippen LogP contribution in [0.1, 0.15) is 0 Å². The van der Waals surface area contributed by atoms with E-state index in [0.717, 1.165) is 5.75 Å². The lowest BCUT2D eigenvalue weighted by atomic mass is 10.8. The van der Waals surface area contributed by atoms with E-state index in [1.54, 1.807) is 0 Å². The number of hydrogen-bond acceptors (Lipinski definition) is 2. The normalized spacial score (nSPS) is 15.0. The van der Waals surface area contributed by atoms with Crippen LogP contribution in [0.25, 0.3) is 0 Å². The monoisotopic (exact) mass is 203 g/mol. The minimum atomic E-state index is 0.218. The van der Waals surface area contributed by atoms with Crippen molar-refractivity contribution in [1.82, 2.24) is 0 Å². The molecule has 0 rings (SSSR count). The molecule has 0 aromatic carbocycles. The summed E-state index contributed by atoms with van der Waals surface area (Å²) in [6.45, 7) is 0.